The predicted octanol–water partition coefficient (Wildman–Crippen LogP) is 4.02. The molecule has 0 fully saturated rings. The summed E-state index contributed by atoms with van der Waals surface area (Å²) in [5, 5.41) is -0.258. The molecule has 0 amide bonds. The lowest BCUT2D eigenvalue weighted by Gasteiger charge is -2.08. The van der Waals surface area contributed by atoms with Gasteiger partial charge in [0.1, 0.15) is 0 Å². The second kappa shape index (κ2) is 4.98. The van der Waals surface area contributed by atoms with Crippen LogP contribution in [-0.4, -0.2) is 5.12 Å². The molecule has 2 aromatic rings. The first-order valence-corrected chi connectivity index (χ1v) is 6.11. The summed E-state index contributed by atoms with van der Waals surface area (Å²) in [4.78, 5) is 11.9. The van der Waals surface area contributed by atoms with E-state index >= 15 is 0 Å². The Labute approximate surface area is 112 Å². The summed E-state index contributed by atoms with van der Waals surface area (Å²) >= 11 is 8.13. The Hall–Kier alpha value is -1.19. The molecule has 0 aliphatic heterocycles. The van der Waals surface area contributed by atoms with E-state index < -0.39 is 0 Å². The maximum absolute atomic E-state index is 11.2. The molecule has 0 saturated carbocycles. The summed E-state index contributed by atoms with van der Waals surface area (Å²) in [6.07, 6.45) is 0. The number of hydrogen-bond acceptors (Lipinski definition) is 2. The van der Waals surface area contributed by atoms with Crippen molar-refractivity contribution in [1.29, 1.82) is 0 Å². The van der Waals surface area contributed by atoms with E-state index in [1.807, 2.05) is 24.3 Å². The highest BCUT2D eigenvalue weighted by atomic mass is 32.1. The first-order valence-electron chi connectivity index (χ1n) is 5.22. The Morgan fingerprint density at radius 1 is 1.12 bits per heavy atom. The van der Waals surface area contributed by atoms with Gasteiger partial charge in [0.05, 0.1) is 0 Å². The topological polar surface area (TPSA) is 17.1 Å². The third-order valence-corrected chi connectivity index (χ3v) is 3.30. The largest absolute Gasteiger partial charge is 0.282 e. The van der Waals surface area contributed by atoms with Crippen molar-refractivity contribution < 1.29 is 4.79 Å². The normalized spacial score (nSPS) is 10.3. The average molecular weight is 260 g/mol. The fourth-order valence-corrected chi connectivity index (χ4v) is 2.38. The van der Waals surface area contributed by atoms with Gasteiger partial charge in [-0.1, -0.05) is 30.3 Å². The number of carbonyl (C=O) groups is 1. The van der Waals surface area contributed by atoms with Gasteiger partial charge in [0.15, 0.2) is 0 Å². The highest BCUT2D eigenvalue weighted by Gasteiger charge is 2.08. The molecular formula is C14H12OS2. The van der Waals surface area contributed by atoms with Gasteiger partial charge >= 0.3 is 0 Å². The lowest BCUT2D eigenvalue weighted by molar-refractivity contribution is 0.108. The van der Waals surface area contributed by atoms with E-state index in [9.17, 15) is 4.79 Å². The van der Waals surface area contributed by atoms with E-state index in [4.69, 9.17) is 0 Å². The van der Waals surface area contributed by atoms with Gasteiger partial charge in [0.2, 0.25) is 5.12 Å². The molecule has 17 heavy (non-hydrogen) atoms. The van der Waals surface area contributed by atoms with E-state index in [1.165, 1.54) is 5.56 Å². The molecule has 0 atom stereocenters. The van der Waals surface area contributed by atoms with Crippen molar-refractivity contribution in [2.45, 2.75) is 11.8 Å². The standard InChI is InChI=1S/C14H12OS2/c1-9-4-2-3-5-11(9)10-6-7-12(14(15)17)13(16)8-10/h2-8,16H,1H3,(H,15,17). The zero-order valence-electron chi connectivity index (χ0n) is 9.34. The van der Waals surface area contributed by atoms with Gasteiger partial charge in [-0.3, -0.25) is 4.79 Å². The van der Waals surface area contributed by atoms with Gasteiger partial charge in [-0.2, -0.15) is 0 Å². The van der Waals surface area contributed by atoms with Crippen LogP contribution in [0.5, 0.6) is 0 Å². The fraction of sp³-hybridized carbons (Fsp3) is 0.0714. The smallest absolute Gasteiger partial charge is 0.217 e. The minimum absolute atomic E-state index is 0.258. The van der Waals surface area contributed by atoms with E-state index in [0.29, 0.717) is 10.5 Å². The van der Waals surface area contributed by atoms with Gasteiger partial charge in [-0.25, -0.2) is 0 Å². The number of aryl methyl sites for hydroxylation is 1. The van der Waals surface area contributed by atoms with Gasteiger partial charge in [0.25, 0.3) is 0 Å². The summed E-state index contributed by atoms with van der Waals surface area (Å²) in [5.41, 5.74) is 3.95. The van der Waals surface area contributed by atoms with Crippen molar-refractivity contribution in [3.8, 4) is 11.1 Å². The number of rotatable bonds is 2. The van der Waals surface area contributed by atoms with Crippen LogP contribution in [0.25, 0.3) is 11.1 Å². The van der Waals surface area contributed by atoms with E-state index in [2.05, 4.69) is 44.3 Å². The van der Waals surface area contributed by atoms with E-state index in [-0.39, 0.29) is 5.12 Å². The van der Waals surface area contributed by atoms with Crippen molar-refractivity contribution in [3.63, 3.8) is 0 Å². The monoisotopic (exact) mass is 260 g/mol. The minimum Gasteiger partial charge on any atom is -0.282 e. The van der Waals surface area contributed by atoms with Gasteiger partial charge in [0, 0.05) is 10.5 Å². The van der Waals surface area contributed by atoms with Crippen LogP contribution in [0.3, 0.4) is 0 Å². The zero-order valence-corrected chi connectivity index (χ0v) is 11.1. The molecule has 0 aliphatic carbocycles. The van der Waals surface area contributed by atoms with Gasteiger partial charge in [-0.05, 0) is 35.7 Å². The van der Waals surface area contributed by atoms with Crippen LogP contribution in [-0.2, 0) is 0 Å². The number of benzene rings is 2. The molecule has 86 valence electrons. The molecule has 0 spiro atoms. The lowest BCUT2D eigenvalue weighted by atomic mass is 10.00. The van der Waals surface area contributed by atoms with Gasteiger partial charge < -0.3 is 0 Å². The van der Waals surface area contributed by atoms with Crippen LogP contribution in [0, 0.1) is 6.92 Å². The average Bonchev–Trinajstić information content (AvgIpc) is 2.29. The highest BCUT2D eigenvalue weighted by Crippen LogP contribution is 2.27. The van der Waals surface area contributed by atoms with Crippen LogP contribution >= 0.6 is 25.3 Å². The Morgan fingerprint density at radius 3 is 2.41 bits per heavy atom. The summed E-state index contributed by atoms with van der Waals surface area (Å²) in [6, 6.07) is 13.7. The predicted molar refractivity (Wildman–Crippen MR) is 77.2 cm³/mol. The Balaban J connectivity index is 2.52. The molecule has 2 aromatic carbocycles. The molecule has 0 radical (unpaired) electrons. The second-order valence-corrected chi connectivity index (χ2v) is 4.74. The number of carbonyl (C=O) groups excluding carboxylic acids is 1. The summed E-state index contributed by atoms with van der Waals surface area (Å²) in [6.45, 7) is 2.06. The SMILES string of the molecule is Cc1ccccc1-c1ccc(C(=O)S)c(S)c1. The minimum atomic E-state index is -0.258. The molecule has 0 bridgehead atoms. The molecule has 1 nitrogen and oxygen atoms in total. The molecule has 0 aromatic heterocycles. The fourth-order valence-electron chi connectivity index (χ4n) is 1.78. The van der Waals surface area contributed by atoms with E-state index in [1.54, 1.807) is 6.07 Å². The second-order valence-electron chi connectivity index (χ2n) is 3.85. The first kappa shape index (κ1) is 12.3. The zero-order chi connectivity index (χ0) is 12.4. The molecule has 2 rings (SSSR count). The van der Waals surface area contributed by atoms with Gasteiger partial charge in [-0.15, -0.1) is 25.3 Å². The van der Waals surface area contributed by atoms with Crippen molar-refractivity contribution in [1.82, 2.24) is 0 Å². The van der Waals surface area contributed by atoms with Crippen LogP contribution in [0.1, 0.15) is 15.9 Å². The van der Waals surface area contributed by atoms with Crippen LogP contribution in [0.4, 0.5) is 0 Å². The molecule has 0 aliphatic rings. The van der Waals surface area contributed by atoms with Crippen LogP contribution in [0.2, 0.25) is 0 Å². The van der Waals surface area contributed by atoms with Crippen molar-refractivity contribution in [2.24, 2.45) is 0 Å². The van der Waals surface area contributed by atoms with Crippen molar-refractivity contribution >= 4 is 30.4 Å². The molecule has 0 unspecified atom stereocenters. The Kier molecular flexibility index (Phi) is 3.60. The molecule has 3 heteroatoms. The Bertz CT molecular complexity index is 576. The number of hydrogen-bond donors (Lipinski definition) is 2. The maximum Gasteiger partial charge on any atom is 0.217 e. The highest BCUT2D eigenvalue weighted by molar-refractivity contribution is 7.97. The lowest BCUT2D eigenvalue weighted by Crippen LogP contribution is -1.92. The van der Waals surface area contributed by atoms with Crippen molar-refractivity contribution in [3.05, 3.63) is 53.6 Å². The number of thiol groups is 2. The van der Waals surface area contributed by atoms with Crippen LogP contribution in [0.15, 0.2) is 47.4 Å². The summed E-state index contributed by atoms with van der Waals surface area (Å²) in [5.74, 6) is 0. The maximum atomic E-state index is 11.2. The molecular weight excluding hydrogens is 248 g/mol. The van der Waals surface area contributed by atoms with Crippen molar-refractivity contribution in [2.75, 3.05) is 0 Å². The Morgan fingerprint density at radius 2 is 1.82 bits per heavy atom. The summed E-state index contributed by atoms with van der Waals surface area (Å²) < 4.78 is 0. The quantitative estimate of drug-likeness (QED) is 0.780. The summed E-state index contributed by atoms with van der Waals surface area (Å²) in [7, 11) is 0. The third-order valence-electron chi connectivity index (χ3n) is 2.68. The molecule has 0 N–H and O–H groups in total. The van der Waals surface area contributed by atoms with E-state index in [0.717, 1.165) is 11.1 Å². The van der Waals surface area contributed by atoms with Crippen LogP contribution < -0.4 is 0 Å². The molecule has 0 saturated heterocycles. The first-order chi connectivity index (χ1) is 8.09. The molecule has 0 heterocycles. The third kappa shape index (κ3) is 2.56.